The van der Waals surface area contributed by atoms with Gasteiger partial charge < -0.3 is 4.90 Å². The molecular weight excluding hydrogens is 300 g/mol. The molecule has 1 aromatic heterocycles. The number of rotatable bonds is 2. The van der Waals surface area contributed by atoms with E-state index in [0.717, 1.165) is 5.33 Å². The third kappa shape index (κ3) is 2.67. The number of anilines is 1. The number of piperidine rings is 1. The fourth-order valence-corrected chi connectivity index (χ4v) is 4.15. The van der Waals surface area contributed by atoms with E-state index in [4.69, 9.17) is 0 Å². The minimum atomic E-state index is 0.695. The van der Waals surface area contributed by atoms with Crippen LogP contribution in [0.25, 0.3) is 0 Å². The third-order valence-corrected chi connectivity index (χ3v) is 5.70. The fraction of sp³-hybridized carbons (Fsp3) is 0.688. The molecule has 2 nitrogen and oxygen atoms in total. The molecule has 1 aliphatic heterocycles. The summed E-state index contributed by atoms with van der Waals surface area (Å²) in [6, 6.07) is 2.26. The number of pyridine rings is 1. The second kappa shape index (κ2) is 5.43. The normalized spacial score (nSPS) is 22.1. The Morgan fingerprint density at radius 2 is 1.89 bits per heavy atom. The summed E-state index contributed by atoms with van der Waals surface area (Å²) in [5, 5.41) is 0.893. The second-order valence-corrected chi connectivity index (χ2v) is 6.87. The highest BCUT2D eigenvalue weighted by Gasteiger charge is 2.37. The lowest BCUT2D eigenvalue weighted by Crippen LogP contribution is -2.39. The van der Waals surface area contributed by atoms with E-state index >= 15 is 0 Å². The Morgan fingerprint density at radius 3 is 2.47 bits per heavy atom. The molecule has 1 spiro atoms. The van der Waals surface area contributed by atoms with E-state index in [-0.39, 0.29) is 0 Å². The zero-order valence-electron chi connectivity index (χ0n) is 11.8. The van der Waals surface area contributed by atoms with Gasteiger partial charge in [-0.3, -0.25) is 0 Å². The SMILES string of the molecule is Cc1cc(CBr)cnc1N1CCC2(CCCC2)CC1. The molecule has 104 valence electrons. The van der Waals surface area contributed by atoms with Gasteiger partial charge in [0.1, 0.15) is 5.82 Å². The van der Waals surface area contributed by atoms with Crippen molar-refractivity contribution in [3.63, 3.8) is 0 Å². The van der Waals surface area contributed by atoms with Gasteiger partial charge >= 0.3 is 0 Å². The third-order valence-electron chi connectivity index (χ3n) is 5.05. The average molecular weight is 323 g/mol. The van der Waals surface area contributed by atoms with Crippen molar-refractivity contribution >= 4 is 21.7 Å². The van der Waals surface area contributed by atoms with Crippen molar-refractivity contribution in [2.24, 2.45) is 5.41 Å². The monoisotopic (exact) mass is 322 g/mol. The number of hydrogen-bond acceptors (Lipinski definition) is 2. The lowest BCUT2D eigenvalue weighted by atomic mass is 9.77. The van der Waals surface area contributed by atoms with Gasteiger partial charge in [-0.15, -0.1) is 0 Å². The molecule has 0 atom stereocenters. The van der Waals surface area contributed by atoms with Crippen molar-refractivity contribution < 1.29 is 0 Å². The summed E-state index contributed by atoms with van der Waals surface area (Å²) in [6.07, 6.45) is 10.6. The highest BCUT2D eigenvalue weighted by Crippen LogP contribution is 2.46. The van der Waals surface area contributed by atoms with Crippen LogP contribution in [0.15, 0.2) is 12.3 Å². The zero-order valence-corrected chi connectivity index (χ0v) is 13.4. The fourth-order valence-electron chi connectivity index (χ4n) is 3.85. The average Bonchev–Trinajstić information content (AvgIpc) is 2.88. The Labute approximate surface area is 124 Å². The van der Waals surface area contributed by atoms with Gasteiger partial charge in [0.15, 0.2) is 0 Å². The van der Waals surface area contributed by atoms with Gasteiger partial charge in [-0.1, -0.05) is 34.8 Å². The van der Waals surface area contributed by atoms with E-state index < -0.39 is 0 Å². The molecule has 2 fully saturated rings. The minimum Gasteiger partial charge on any atom is -0.356 e. The van der Waals surface area contributed by atoms with E-state index in [2.05, 4.69) is 38.8 Å². The van der Waals surface area contributed by atoms with Crippen LogP contribution in [-0.4, -0.2) is 18.1 Å². The standard InChI is InChI=1S/C16H23BrN2/c1-13-10-14(11-17)12-18-15(13)19-8-6-16(7-9-19)4-2-3-5-16/h10,12H,2-9,11H2,1H3. The number of aryl methyl sites for hydroxylation is 1. The molecular formula is C16H23BrN2. The predicted molar refractivity (Wildman–Crippen MR) is 84.0 cm³/mol. The molecule has 2 heterocycles. The van der Waals surface area contributed by atoms with E-state index in [0.29, 0.717) is 5.41 Å². The molecule has 0 amide bonds. The summed E-state index contributed by atoms with van der Waals surface area (Å²) in [4.78, 5) is 7.18. The van der Waals surface area contributed by atoms with Crippen molar-refractivity contribution in [1.82, 2.24) is 4.98 Å². The number of nitrogens with zero attached hydrogens (tertiary/aromatic N) is 2. The van der Waals surface area contributed by atoms with E-state index in [1.807, 2.05) is 6.20 Å². The number of alkyl halides is 1. The van der Waals surface area contributed by atoms with Crippen LogP contribution in [-0.2, 0) is 5.33 Å². The minimum absolute atomic E-state index is 0.695. The first-order valence-electron chi connectivity index (χ1n) is 7.49. The van der Waals surface area contributed by atoms with Crippen molar-refractivity contribution in [2.45, 2.75) is 50.8 Å². The predicted octanol–water partition coefficient (Wildman–Crippen LogP) is 4.45. The molecule has 0 bridgehead atoms. The molecule has 1 aliphatic carbocycles. The van der Waals surface area contributed by atoms with Crippen LogP contribution in [0.5, 0.6) is 0 Å². The van der Waals surface area contributed by atoms with Gasteiger partial charge in [-0.25, -0.2) is 4.98 Å². The second-order valence-electron chi connectivity index (χ2n) is 6.31. The molecule has 0 N–H and O–H groups in total. The molecule has 2 aliphatic rings. The summed E-state index contributed by atoms with van der Waals surface area (Å²) in [6.45, 7) is 4.58. The Hall–Kier alpha value is -0.570. The van der Waals surface area contributed by atoms with E-state index in [1.165, 1.54) is 68.6 Å². The van der Waals surface area contributed by atoms with Crippen LogP contribution < -0.4 is 4.90 Å². The van der Waals surface area contributed by atoms with Gasteiger partial charge in [-0.2, -0.15) is 0 Å². The summed E-state index contributed by atoms with van der Waals surface area (Å²) in [7, 11) is 0. The van der Waals surface area contributed by atoms with Crippen LogP contribution in [0.4, 0.5) is 5.82 Å². The quantitative estimate of drug-likeness (QED) is 0.748. The van der Waals surface area contributed by atoms with Gasteiger partial charge in [0.25, 0.3) is 0 Å². The Balaban J connectivity index is 1.71. The van der Waals surface area contributed by atoms with Crippen LogP contribution in [0.2, 0.25) is 0 Å². The van der Waals surface area contributed by atoms with Crippen molar-refractivity contribution in [3.05, 3.63) is 23.4 Å². The Bertz CT molecular complexity index is 442. The van der Waals surface area contributed by atoms with Crippen LogP contribution in [0, 0.1) is 12.3 Å². The maximum atomic E-state index is 4.68. The molecule has 3 rings (SSSR count). The van der Waals surface area contributed by atoms with E-state index in [1.54, 1.807) is 0 Å². The molecule has 3 heteroatoms. The summed E-state index contributed by atoms with van der Waals surface area (Å²) in [5.74, 6) is 1.21. The first-order chi connectivity index (χ1) is 9.22. The highest BCUT2D eigenvalue weighted by atomic mass is 79.9. The van der Waals surface area contributed by atoms with Gasteiger partial charge in [0.2, 0.25) is 0 Å². The van der Waals surface area contributed by atoms with Crippen molar-refractivity contribution in [2.75, 3.05) is 18.0 Å². The smallest absolute Gasteiger partial charge is 0.131 e. The van der Waals surface area contributed by atoms with Gasteiger partial charge in [-0.05, 0) is 49.1 Å². The zero-order chi connectivity index (χ0) is 13.3. The number of halogens is 1. The number of aromatic nitrogens is 1. The molecule has 0 radical (unpaired) electrons. The maximum absolute atomic E-state index is 4.68. The maximum Gasteiger partial charge on any atom is 0.131 e. The lowest BCUT2D eigenvalue weighted by Gasteiger charge is -2.40. The Kier molecular flexibility index (Phi) is 3.84. The van der Waals surface area contributed by atoms with Crippen LogP contribution in [0.3, 0.4) is 0 Å². The summed E-state index contributed by atoms with van der Waals surface area (Å²) in [5.41, 5.74) is 3.28. The highest BCUT2D eigenvalue weighted by molar-refractivity contribution is 9.08. The first-order valence-corrected chi connectivity index (χ1v) is 8.61. The number of hydrogen-bond donors (Lipinski definition) is 0. The first kappa shape index (κ1) is 13.4. The largest absolute Gasteiger partial charge is 0.356 e. The van der Waals surface area contributed by atoms with E-state index in [9.17, 15) is 0 Å². The van der Waals surface area contributed by atoms with Crippen molar-refractivity contribution in [1.29, 1.82) is 0 Å². The molecule has 1 aromatic rings. The molecule has 0 unspecified atom stereocenters. The Morgan fingerprint density at radius 1 is 1.21 bits per heavy atom. The summed E-state index contributed by atoms with van der Waals surface area (Å²) >= 11 is 3.50. The topological polar surface area (TPSA) is 16.1 Å². The molecule has 19 heavy (non-hydrogen) atoms. The van der Waals surface area contributed by atoms with Crippen LogP contribution >= 0.6 is 15.9 Å². The van der Waals surface area contributed by atoms with Gasteiger partial charge in [0, 0.05) is 24.6 Å². The molecule has 1 saturated carbocycles. The molecule has 0 aromatic carbocycles. The summed E-state index contributed by atoms with van der Waals surface area (Å²) < 4.78 is 0. The molecule has 1 saturated heterocycles. The van der Waals surface area contributed by atoms with Crippen LogP contribution in [0.1, 0.15) is 49.7 Å². The van der Waals surface area contributed by atoms with Crippen molar-refractivity contribution in [3.8, 4) is 0 Å². The lowest BCUT2D eigenvalue weighted by molar-refractivity contribution is 0.226. The van der Waals surface area contributed by atoms with Gasteiger partial charge in [0.05, 0.1) is 0 Å².